The van der Waals surface area contributed by atoms with Crippen LogP contribution in [0.2, 0.25) is 0 Å². The van der Waals surface area contributed by atoms with Gasteiger partial charge in [0, 0.05) is 50.2 Å². The summed E-state index contributed by atoms with van der Waals surface area (Å²) >= 11 is 0. The highest BCUT2D eigenvalue weighted by Crippen LogP contribution is 2.28. The maximum absolute atomic E-state index is 13.7. The van der Waals surface area contributed by atoms with Gasteiger partial charge in [0.15, 0.2) is 0 Å². The molecule has 2 aromatic carbocycles. The fraction of sp³-hybridized carbons (Fsp3) is 0.258. The second-order valence-corrected chi connectivity index (χ2v) is 9.63. The van der Waals surface area contributed by atoms with E-state index in [2.05, 4.69) is 49.8 Å². The van der Waals surface area contributed by atoms with Gasteiger partial charge in [-0.15, -0.1) is 10.2 Å². The molecule has 39 heavy (non-hydrogen) atoms. The lowest BCUT2D eigenvalue weighted by Crippen LogP contribution is -2.34. The van der Waals surface area contributed by atoms with Crippen LogP contribution in [0.15, 0.2) is 105 Å². The molecule has 8 heteroatoms. The summed E-state index contributed by atoms with van der Waals surface area (Å²) in [6, 6.07) is 17.9. The Balaban J connectivity index is 1.34. The van der Waals surface area contributed by atoms with E-state index in [-0.39, 0.29) is 5.91 Å². The molecule has 0 spiro atoms. The van der Waals surface area contributed by atoms with Crippen molar-refractivity contribution in [2.45, 2.75) is 26.4 Å². The zero-order valence-corrected chi connectivity index (χ0v) is 22.5. The summed E-state index contributed by atoms with van der Waals surface area (Å²) in [5.74, 6) is 0.857. The number of carbonyl (C=O) groups is 1. The number of amides is 1. The molecule has 0 aliphatic carbocycles. The van der Waals surface area contributed by atoms with E-state index in [1.807, 2.05) is 74.8 Å². The predicted octanol–water partition coefficient (Wildman–Crippen LogP) is 4.99. The summed E-state index contributed by atoms with van der Waals surface area (Å²) < 4.78 is 6.01. The number of hydrogen-bond donors (Lipinski definition) is 0. The first-order valence-corrected chi connectivity index (χ1v) is 13.1. The molecule has 198 valence electrons. The highest BCUT2D eigenvalue weighted by molar-refractivity contribution is 6.20. The number of benzene rings is 2. The SMILES string of the molecule is CC/C=C/C1=C=CC2=C(C=N1)C(=O)N(c1cccc(-c3nnc(CN(C)Cc4ccccc4)o3)c1)CCN2C. The molecular formula is C31H32N6O2. The second-order valence-electron chi connectivity index (χ2n) is 9.63. The number of allylic oxidation sites excluding steroid dienone is 2. The number of carbonyl (C=O) groups excluding carboxylic acids is 1. The van der Waals surface area contributed by atoms with Crippen molar-refractivity contribution in [2.75, 3.05) is 32.1 Å². The average molecular weight is 521 g/mol. The summed E-state index contributed by atoms with van der Waals surface area (Å²) in [5, 5.41) is 8.54. The molecule has 0 fully saturated rings. The van der Waals surface area contributed by atoms with Crippen LogP contribution in [0.5, 0.6) is 0 Å². The molecule has 0 bridgehead atoms. The predicted molar refractivity (Wildman–Crippen MR) is 153 cm³/mol. The fourth-order valence-electron chi connectivity index (χ4n) is 4.55. The first kappa shape index (κ1) is 26.1. The van der Waals surface area contributed by atoms with E-state index in [0.29, 0.717) is 42.7 Å². The van der Waals surface area contributed by atoms with Gasteiger partial charge in [0.1, 0.15) is 5.70 Å². The molecule has 0 saturated heterocycles. The van der Waals surface area contributed by atoms with E-state index in [1.54, 1.807) is 11.1 Å². The topological polar surface area (TPSA) is 78.1 Å². The van der Waals surface area contributed by atoms with Gasteiger partial charge in [0.25, 0.3) is 5.91 Å². The highest BCUT2D eigenvalue weighted by Gasteiger charge is 2.28. The van der Waals surface area contributed by atoms with E-state index in [9.17, 15) is 4.79 Å². The van der Waals surface area contributed by atoms with Crippen molar-refractivity contribution in [1.82, 2.24) is 20.0 Å². The zero-order valence-electron chi connectivity index (χ0n) is 22.5. The van der Waals surface area contributed by atoms with Gasteiger partial charge in [0.05, 0.1) is 17.8 Å². The van der Waals surface area contributed by atoms with Crippen LogP contribution in [0.25, 0.3) is 11.5 Å². The monoisotopic (exact) mass is 520 g/mol. The number of aromatic nitrogens is 2. The Morgan fingerprint density at radius 3 is 2.74 bits per heavy atom. The lowest BCUT2D eigenvalue weighted by Gasteiger charge is -2.22. The van der Waals surface area contributed by atoms with E-state index < -0.39 is 0 Å². The Kier molecular flexibility index (Phi) is 7.96. The number of nitrogens with zero attached hydrogens (tertiary/aromatic N) is 6. The lowest BCUT2D eigenvalue weighted by molar-refractivity contribution is -0.114. The molecule has 2 aliphatic rings. The molecule has 0 unspecified atom stereocenters. The molecule has 0 saturated carbocycles. The molecule has 0 N–H and O–H groups in total. The van der Waals surface area contributed by atoms with Gasteiger partial charge in [-0.1, -0.05) is 55.1 Å². The van der Waals surface area contributed by atoms with Crippen LogP contribution in [0.4, 0.5) is 5.69 Å². The molecular weight excluding hydrogens is 488 g/mol. The Hall–Kier alpha value is -4.52. The van der Waals surface area contributed by atoms with Gasteiger partial charge >= 0.3 is 0 Å². The standard InChI is InChI=1S/C31H32N6O2/c1-4-5-13-25-15-16-28-27(20-32-25)31(38)37(18-17-36(28)3)26-14-9-12-24(19-26)30-34-33-29(39-30)22-35(2)21-23-10-7-6-8-11-23/h5-14,16,19-20H,4,17-18,21-22H2,1-3H3/b13-5+. The van der Waals surface area contributed by atoms with Crippen LogP contribution >= 0.6 is 0 Å². The van der Waals surface area contributed by atoms with Crippen molar-refractivity contribution in [1.29, 1.82) is 0 Å². The van der Waals surface area contributed by atoms with E-state index in [0.717, 1.165) is 29.9 Å². The third kappa shape index (κ3) is 6.14. The Morgan fingerprint density at radius 1 is 1.08 bits per heavy atom. The van der Waals surface area contributed by atoms with E-state index in [1.165, 1.54) is 5.56 Å². The van der Waals surface area contributed by atoms with Crippen LogP contribution in [0.3, 0.4) is 0 Å². The Morgan fingerprint density at radius 2 is 1.92 bits per heavy atom. The molecule has 3 aromatic rings. The summed E-state index contributed by atoms with van der Waals surface area (Å²) in [5.41, 5.74) is 8.00. The maximum Gasteiger partial charge on any atom is 0.262 e. The largest absolute Gasteiger partial charge is 0.419 e. The van der Waals surface area contributed by atoms with Crippen LogP contribution in [0.1, 0.15) is 24.8 Å². The molecule has 0 radical (unpaired) electrons. The fourth-order valence-corrected chi connectivity index (χ4v) is 4.55. The number of rotatable bonds is 8. The number of hydrogen-bond acceptors (Lipinski definition) is 7. The van der Waals surface area contributed by atoms with Crippen LogP contribution in [0, 0.1) is 0 Å². The number of aliphatic imine (C=N–C) groups is 1. The molecule has 0 atom stereocenters. The summed E-state index contributed by atoms with van der Waals surface area (Å²) in [4.78, 5) is 24.2. The number of anilines is 1. The second kappa shape index (κ2) is 11.9. The summed E-state index contributed by atoms with van der Waals surface area (Å²) in [7, 11) is 4.00. The first-order valence-electron chi connectivity index (χ1n) is 13.1. The van der Waals surface area contributed by atoms with Crippen molar-refractivity contribution in [3.8, 4) is 11.5 Å². The third-order valence-electron chi connectivity index (χ3n) is 6.59. The summed E-state index contributed by atoms with van der Waals surface area (Å²) in [6.45, 7) is 4.57. The first-order chi connectivity index (χ1) is 19.0. The lowest BCUT2D eigenvalue weighted by atomic mass is 10.1. The van der Waals surface area contributed by atoms with Crippen LogP contribution < -0.4 is 4.90 Å². The number of likely N-dealkylation sites (N-methyl/N-ethyl adjacent to an activating group) is 1. The minimum atomic E-state index is -0.109. The van der Waals surface area contributed by atoms with Crippen molar-refractivity contribution >= 4 is 17.8 Å². The zero-order chi connectivity index (χ0) is 27.2. The Labute approximate surface area is 229 Å². The summed E-state index contributed by atoms with van der Waals surface area (Å²) in [6.07, 6.45) is 8.35. The van der Waals surface area contributed by atoms with Gasteiger partial charge in [-0.05, 0) is 43.3 Å². The van der Waals surface area contributed by atoms with Gasteiger partial charge in [-0.2, -0.15) is 0 Å². The molecule has 8 nitrogen and oxygen atoms in total. The van der Waals surface area contributed by atoms with Gasteiger partial charge in [-0.3, -0.25) is 9.69 Å². The highest BCUT2D eigenvalue weighted by atomic mass is 16.4. The quantitative estimate of drug-likeness (QED) is 0.390. The molecule has 5 rings (SSSR count). The normalized spacial score (nSPS) is 15.7. The van der Waals surface area contributed by atoms with Crippen molar-refractivity contribution in [3.05, 3.63) is 107 Å². The van der Waals surface area contributed by atoms with Gasteiger partial charge < -0.3 is 14.2 Å². The molecule has 1 aromatic heterocycles. The van der Waals surface area contributed by atoms with Crippen LogP contribution in [-0.2, 0) is 17.9 Å². The van der Waals surface area contributed by atoms with E-state index in [4.69, 9.17) is 4.42 Å². The van der Waals surface area contributed by atoms with Crippen molar-refractivity contribution in [3.63, 3.8) is 0 Å². The average Bonchev–Trinajstić information content (AvgIpc) is 3.24. The van der Waals surface area contributed by atoms with Gasteiger partial charge in [-0.25, -0.2) is 4.99 Å². The maximum atomic E-state index is 13.7. The van der Waals surface area contributed by atoms with E-state index >= 15 is 0 Å². The van der Waals surface area contributed by atoms with Crippen molar-refractivity contribution in [2.24, 2.45) is 4.99 Å². The Bertz CT molecular complexity index is 1490. The molecule has 3 heterocycles. The minimum Gasteiger partial charge on any atom is -0.419 e. The molecule has 2 aliphatic heterocycles. The smallest absolute Gasteiger partial charge is 0.262 e. The van der Waals surface area contributed by atoms with Crippen LogP contribution in [-0.4, -0.2) is 59.3 Å². The minimum absolute atomic E-state index is 0.109. The van der Waals surface area contributed by atoms with Gasteiger partial charge in [0.2, 0.25) is 11.8 Å². The molecule has 1 amide bonds. The van der Waals surface area contributed by atoms with Crippen molar-refractivity contribution < 1.29 is 9.21 Å². The third-order valence-corrected chi connectivity index (χ3v) is 6.59.